The van der Waals surface area contributed by atoms with Crippen LogP contribution in [0.15, 0.2) is 24.3 Å². The van der Waals surface area contributed by atoms with Gasteiger partial charge in [0.1, 0.15) is 6.10 Å². The third kappa shape index (κ3) is 4.29. The van der Waals surface area contributed by atoms with Crippen LogP contribution in [-0.2, 0) is 0 Å². The quantitative estimate of drug-likeness (QED) is 0.842. The number of nitrogens with one attached hydrogen (secondary N) is 1. The number of hydrogen-bond donors (Lipinski definition) is 1. The molecular weight excluding hydrogens is 280 g/mol. The molecular formula is C17H26N2O3. The van der Waals surface area contributed by atoms with Crippen LogP contribution < -0.4 is 14.8 Å². The lowest BCUT2D eigenvalue weighted by atomic mass is 10.1. The molecule has 5 nitrogen and oxygen atoms in total. The normalized spacial score (nSPS) is 15.9. The number of urea groups is 1. The summed E-state index contributed by atoms with van der Waals surface area (Å²) < 4.78 is 11.1. The zero-order valence-corrected chi connectivity index (χ0v) is 13.7. The molecule has 1 aliphatic heterocycles. The summed E-state index contributed by atoms with van der Waals surface area (Å²) in [5.74, 6) is 2.10. The molecule has 0 radical (unpaired) electrons. The lowest BCUT2D eigenvalue weighted by molar-refractivity contribution is 0.0427. The summed E-state index contributed by atoms with van der Waals surface area (Å²) in [4.78, 5) is 13.7. The van der Waals surface area contributed by atoms with E-state index in [1.165, 1.54) is 0 Å². The second-order valence-electron chi connectivity index (χ2n) is 5.83. The van der Waals surface area contributed by atoms with Crippen molar-refractivity contribution in [1.29, 1.82) is 0 Å². The molecule has 2 rings (SSSR count). The standard InChI is InChI=1S/C17H26N2O3/c1-4-13(2)9-10-18-17(20)19-11-14(12-19)22-16-8-6-5-7-15(16)21-3/h5-8,13-14H,4,9-12H2,1-3H3,(H,18,20). The van der Waals surface area contributed by atoms with E-state index in [0.717, 1.165) is 30.9 Å². The monoisotopic (exact) mass is 306 g/mol. The van der Waals surface area contributed by atoms with E-state index >= 15 is 0 Å². The number of ether oxygens (including phenoxy) is 2. The minimum absolute atomic E-state index is 0.00294. The fourth-order valence-corrected chi connectivity index (χ4v) is 2.32. The summed E-state index contributed by atoms with van der Waals surface area (Å²) in [6.07, 6.45) is 2.21. The summed E-state index contributed by atoms with van der Waals surface area (Å²) in [5, 5.41) is 2.96. The predicted molar refractivity (Wildman–Crippen MR) is 86.5 cm³/mol. The Morgan fingerprint density at radius 2 is 2.05 bits per heavy atom. The molecule has 1 aromatic rings. The second kappa shape index (κ2) is 7.92. The largest absolute Gasteiger partial charge is 0.493 e. The first-order valence-electron chi connectivity index (χ1n) is 7.96. The van der Waals surface area contributed by atoms with Crippen LogP contribution in [0.4, 0.5) is 4.79 Å². The van der Waals surface area contributed by atoms with Crippen molar-refractivity contribution in [3.05, 3.63) is 24.3 Å². The molecule has 0 spiro atoms. The molecule has 1 saturated heterocycles. The Bertz CT molecular complexity index is 487. The maximum absolute atomic E-state index is 12.0. The zero-order valence-electron chi connectivity index (χ0n) is 13.7. The number of carbonyl (C=O) groups is 1. The number of benzene rings is 1. The van der Waals surface area contributed by atoms with Gasteiger partial charge in [-0.25, -0.2) is 4.79 Å². The van der Waals surface area contributed by atoms with Gasteiger partial charge < -0.3 is 19.7 Å². The molecule has 2 amide bonds. The number of carbonyl (C=O) groups excluding carboxylic acids is 1. The minimum atomic E-state index is 0.00294. The lowest BCUT2D eigenvalue weighted by Crippen LogP contribution is -2.59. The van der Waals surface area contributed by atoms with Crippen molar-refractivity contribution in [1.82, 2.24) is 10.2 Å². The number of hydrogen-bond acceptors (Lipinski definition) is 3. The molecule has 1 unspecified atom stereocenters. The molecule has 5 heteroatoms. The molecule has 0 saturated carbocycles. The highest BCUT2D eigenvalue weighted by Gasteiger charge is 2.32. The average Bonchev–Trinajstić information content (AvgIpc) is 2.50. The Morgan fingerprint density at radius 3 is 2.68 bits per heavy atom. The van der Waals surface area contributed by atoms with Crippen molar-refractivity contribution in [2.24, 2.45) is 5.92 Å². The molecule has 0 bridgehead atoms. The minimum Gasteiger partial charge on any atom is -0.493 e. The predicted octanol–water partition coefficient (Wildman–Crippen LogP) is 2.90. The molecule has 1 aliphatic rings. The van der Waals surface area contributed by atoms with E-state index in [0.29, 0.717) is 19.0 Å². The van der Waals surface area contributed by atoms with Crippen LogP contribution in [0.2, 0.25) is 0 Å². The molecule has 22 heavy (non-hydrogen) atoms. The second-order valence-corrected chi connectivity index (χ2v) is 5.83. The lowest BCUT2D eigenvalue weighted by Gasteiger charge is -2.39. The molecule has 1 atom stereocenters. The summed E-state index contributed by atoms with van der Waals surface area (Å²) >= 11 is 0. The number of likely N-dealkylation sites (tertiary alicyclic amines) is 1. The molecule has 1 heterocycles. The van der Waals surface area contributed by atoms with E-state index in [1.54, 1.807) is 12.0 Å². The maximum Gasteiger partial charge on any atom is 0.317 e. The maximum atomic E-state index is 12.0. The van der Waals surface area contributed by atoms with Crippen LogP contribution in [0.25, 0.3) is 0 Å². The molecule has 0 aliphatic carbocycles. The summed E-state index contributed by atoms with van der Waals surface area (Å²) in [5.41, 5.74) is 0. The van der Waals surface area contributed by atoms with Gasteiger partial charge in [0, 0.05) is 6.54 Å². The van der Waals surface area contributed by atoms with Crippen LogP contribution in [0.5, 0.6) is 11.5 Å². The fourth-order valence-electron chi connectivity index (χ4n) is 2.32. The number of rotatable bonds is 7. The number of methoxy groups -OCH3 is 1. The Morgan fingerprint density at radius 1 is 1.36 bits per heavy atom. The Labute approximate surface area is 132 Å². The van der Waals surface area contributed by atoms with Gasteiger partial charge in [-0.15, -0.1) is 0 Å². The summed E-state index contributed by atoms with van der Waals surface area (Å²) in [6, 6.07) is 7.57. The van der Waals surface area contributed by atoms with Crippen molar-refractivity contribution < 1.29 is 14.3 Å². The summed E-state index contributed by atoms with van der Waals surface area (Å²) in [6.45, 7) is 6.34. The van der Waals surface area contributed by atoms with Crippen molar-refractivity contribution in [2.45, 2.75) is 32.8 Å². The van der Waals surface area contributed by atoms with Crippen LogP contribution in [0, 0.1) is 5.92 Å². The van der Waals surface area contributed by atoms with E-state index in [-0.39, 0.29) is 12.1 Å². The van der Waals surface area contributed by atoms with Crippen LogP contribution in [0.3, 0.4) is 0 Å². The molecule has 1 fully saturated rings. The smallest absolute Gasteiger partial charge is 0.317 e. The average molecular weight is 306 g/mol. The van der Waals surface area contributed by atoms with Gasteiger partial charge >= 0.3 is 6.03 Å². The Kier molecular flexibility index (Phi) is 5.92. The van der Waals surface area contributed by atoms with Gasteiger partial charge in [0.15, 0.2) is 11.5 Å². The zero-order chi connectivity index (χ0) is 15.9. The van der Waals surface area contributed by atoms with Crippen LogP contribution in [-0.4, -0.2) is 43.8 Å². The van der Waals surface area contributed by atoms with Crippen molar-refractivity contribution in [2.75, 3.05) is 26.7 Å². The fraction of sp³-hybridized carbons (Fsp3) is 0.588. The number of nitrogens with zero attached hydrogens (tertiary/aromatic N) is 1. The third-order valence-corrected chi connectivity index (χ3v) is 4.11. The molecule has 122 valence electrons. The summed E-state index contributed by atoms with van der Waals surface area (Å²) in [7, 11) is 1.63. The van der Waals surface area contributed by atoms with Gasteiger partial charge in [0.25, 0.3) is 0 Å². The van der Waals surface area contributed by atoms with Gasteiger partial charge in [-0.2, -0.15) is 0 Å². The van der Waals surface area contributed by atoms with Crippen molar-refractivity contribution >= 4 is 6.03 Å². The first kappa shape index (κ1) is 16.5. The first-order valence-corrected chi connectivity index (χ1v) is 7.96. The molecule has 1 N–H and O–H groups in total. The van der Waals surface area contributed by atoms with Gasteiger partial charge in [-0.1, -0.05) is 32.4 Å². The van der Waals surface area contributed by atoms with E-state index < -0.39 is 0 Å². The molecule has 1 aromatic carbocycles. The number of para-hydroxylation sites is 2. The Balaban J connectivity index is 1.70. The highest BCUT2D eigenvalue weighted by Crippen LogP contribution is 2.28. The van der Waals surface area contributed by atoms with Gasteiger partial charge in [-0.05, 0) is 24.5 Å². The van der Waals surface area contributed by atoms with E-state index in [4.69, 9.17) is 9.47 Å². The number of amides is 2. The SMILES string of the molecule is CCC(C)CCNC(=O)N1CC(Oc2ccccc2OC)C1. The Hall–Kier alpha value is -1.91. The van der Waals surface area contributed by atoms with Crippen molar-refractivity contribution in [3.8, 4) is 11.5 Å². The van der Waals surface area contributed by atoms with E-state index in [1.807, 2.05) is 24.3 Å². The van der Waals surface area contributed by atoms with Crippen LogP contribution >= 0.6 is 0 Å². The topological polar surface area (TPSA) is 50.8 Å². The third-order valence-electron chi connectivity index (χ3n) is 4.11. The highest BCUT2D eigenvalue weighted by molar-refractivity contribution is 5.75. The molecule has 0 aromatic heterocycles. The van der Waals surface area contributed by atoms with Crippen molar-refractivity contribution in [3.63, 3.8) is 0 Å². The van der Waals surface area contributed by atoms with Crippen LogP contribution in [0.1, 0.15) is 26.7 Å². The first-order chi connectivity index (χ1) is 10.6. The van der Waals surface area contributed by atoms with Gasteiger partial charge in [-0.3, -0.25) is 0 Å². The van der Waals surface area contributed by atoms with E-state index in [2.05, 4.69) is 19.2 Å². The van der Waals surface area contributed by atoms with E-state index in [9.17, 15) is 4.79 Å². The van der Waals surface area contributed by atoms with Gasteiger partial charge in [0.2, 0.25) is 0 Å². The highest BCUT2D eigenvalue weighted by atomic mass is 16.5. The van der Waals surface area contributed by atoms with Gasteiger partial charge in [0.05, 0.1) is 20.2 Å².